The van der Waals surface area contributed by atoms with Crippen LogP contribution in [-0.4, -0.2) is 53.8 Å². The van der Waals surface area contributed by atoms with Crippen molar-refractivity contribution in [3.05, 3.63) is 0 Å². The highest BCUT2D eigenvalue weighted by Gasteiger charge is 2.41. The molecule has 0 radical (unpaired) electrons. The molecule has 1 N–H and O–H groups in total. The van der Waals surface area contributed by atoms with Gasteiger partial charge >= 0.3 is 5.97 Å². The van der Waals surface area contributed by atoms with Crippen molar-refractivity contribution in [2.75, 3.05) is 19.6 Å². The first-order valence-electron chi connectivity index (χ1n) is 5.26. The summed E-state index contributed by atoms with van der Waals surface area (Å²) in [4.78, 5) is 10.8. The largest absolute Gasteiger partial charge is 0.480 e. The van der Waals surface area contributed by atoms with Crippen LogP contribution in [0.2, 0.25) is 0 Å². The molecule has 0 unspecified atom stereocenters. The standard InChI is InChI=1S/C9H18N2O4S/c1-7(2)6-10-4-5-11(16(10,14)15)8(3)9(12)13/h7-8H,4-6H2,1-3H3,(H,12,13)/t8-/m1/s1. The van der Waals surface area contributed by atoms with E-state index in [1.54, 1.807) is 0 Å². The molecule has 94 valence electrons. The molecule has 0 spiro atoms. The molecule has 6 nitrogen and oxygen atoms in total. The molecule has 1 heterocycles. The lowest BCUT2D eigenvalue weighted by molar-refractivity contribution is -0.140. The summed E-state index contributed by atoms with van der Waals surface area (Å²) in [6.07, 6.45) is 0. The Kier molecular flexibility index (Phi) is 3.92. The van der Waals surface area contributed by atoms with Crippen LogP contribution in [0, 0.1) is 5.92 Å². The van der Waals surface area contributed by atoms with E-state index in [-0.39, 0.29) is 12.5 Å². The molecule has 0 aromatic rings. The molecule has 0 bridgehead atoms. The Bertz CT molecular complexity index is 366. The van der Waals surface area contributed by atoms with Gasteiger partial charge in [0.25, 0.3) is 10.2 Å². The molecular formula is C9H18N2O4S. The SMILES string of the molecule is CC(C)CN1CCN([C@H](C)C(=O)O)S1(=O)=O. The fraction of sp³-hybridized carbons (Fsp3) is 0.889. The Labute approximate surface area is 96.0 Å². The van der Waals surface area contributed by atoms with Crippen molar-refractivity contribution < 1.29 is 18.3 Å². The highest BCUT2D eigenvalue weighted by molar-refractivity contribution is 7.87. The quantitative estimate of drug-likeness (QED) is 0.760. The maximum absolute atomic E-state index is 12.0. The molecule has 7 heteroatoms. The number of carboxylic acids is 1. The van der Waals surface area contributed by atoms with Crippen molar-refractivity contribution in [3.8, 4) is 0 Å². The third-order valence-electron chi connectivity index (χ3n) is 2.55. The van der Waals surface area contributed by atoms with Gasteiger partial charge in [-0.3, -0.25) is 4.79 Å². The maximum Gasteiger partial charge on any atom is 0.321 e. The molecule has 0 saturated carbocycles. The first kappa shape index (κ1) is 13.4. The zero-order valence-electron chi connectivity index (χ0n) is 9.75. The van der Waals surface area contributed by atoms with Gasteiger partial charge in [-0.1, -0.05) is 13.8 Å². The van der Waals surface area contributed by atoms with Crippen LogP contribution in [0.5, 0.6) is 0 Å². The van der Waals surface area contributed by atoms with Gasteiger partial charge in [-0.15, -0.1) is 0 Å². The molecule has 1 fully saturated rings. The Balaban J connectivity index is 2.84. The van der Waals surface area contributed by atoms with Crippen molar-refractivity contribution in [3.63, 3.8) is 0 Å². The van der Waals surface area contributed by atoms with Crippen molar-refractivity contribution in [2.24, 2.45) is 5.92 Å². The fourth-order valence-electron chi connectivity index (χ4n) is 1.70. The molecule has 0 aromatic carbocycles. The Hall–Kier alpha value is -0.660. The van der Waals surface area contributed by atoms with E-state index >= 15 is 0 Å². The molecule has 1 atom stereocenters. The summed E-state index contributed by atoms with van der Waals surface area (Å²) >= 11 is 0. The normalized spacial score (nSPS) is 23.8. The van der Waals surface area contributed by atoms with Gasteiger partial charge in [-0.25, -0.2) is 0 Å². The number of aliphatic carboxylic acids is 1. The van der Waals surface area contributed by atoms with Crippen LogP contribution in [-0.2, 0) is 15.0 Å². The van der Waals surface area contributed by atoms with Crippen LogP contribution < -0.4 is 0 Å². The van der Waals surface area contributed by atoms with Gasteiger partial charge in [0.2, 0.25) is 0 Å². The van der Waals surface area contributed by atoms with Crippen molar-refractivity contribution in [2.45, 2.75) is 26.8 Å². The van der Waals surface area contributed by atoms with E-state index in [0.717, 1.165) is 4.31 Å². The van der Waals surface area contributed by atoms with Gasteiger partial charge in [-0.2, -0.15) is 17.0 Å². The van der Waals surface area contributed by atoms with E-state index in [1.807, 2.05) is 13.8 Å². The second-order valence-electron chi connectivity index (χ2n) is 4.38. The number of carbonyl (C=O) groups is 1. The molecule has 1 aliphatic heterocycles. The number of nitrogens with zero attached hydrogens (tertiary/aromatic N) is 2. The average Bonchev–Trinajstić information content (AvgIpc) is 2.40. The fourth-order valence-corrected chi connectivity index (χ4v) is 3.60. The molecule has 0 aliphatic carbocycles. The molecule has 1 saturated heterocycles. The van der Waals surface area contributed by atoms with E-state index in [0.29, 0.717) is 13.1 Å². The van der Waals surface area contributed by atoms with Gasteiger partial charge in [-0.05, 0) is 12.8 Å². The van der Waals surface area contributed by atoms with E-state index in [1.165, 1.54) is 11.2 Å². The Morgan fingerprint density at radius 3 is 2.31 bits per heavy atom. The third kappa shape index (κ3) is 2.53. The predicted octanol–water partition coefficient (Wildman–Crippen LogP) is -0.0221. The third-order valence-corrected chi connectivity index (χ3v) is 4.63. The number of hydrogen-bond acceptors (Lipinski definition) is 3. The topological polar surface area (TPSA) is 77.9 Å². The van der Waals surface area contributed by atoms with Crippen molar-refractivity contribution in [1.82, 2.24) is 8.61 Å². The zero-order chi connectivity index (χ0) is 12.5. The molecule has 0 amide bonds. The zero-order valence-corrected chi connectivity index (χ0v) is 10.6. The van der Waals surface area contributed by atoms with Crippen LogP contribution in [0.3, 0.4) is 0 Å². The minimum atomic E-state index is -3.58. The highest BCUT2D eigenvalue weighted by atomic mass is 32.2. The summed E-state index contributed by atoms with van der Waals surface area (Å²) in [7, 11) is -3.58. The monoisotopic (exact) mass is 250 g/mol. The average molecular weight is 250 g/mol. The first-order chi connectivity index (χ1) is 7.26. The predicted molar refractivity (Wildman–Crippen MR) is 59.1 cm³/mol. The van der Waals surface area contributed by atoms with Gasteiger partial charge in [0.15, 0.2) is 0 Å². The van der Waals surface area contributed by atoms with Gasteiger partial charge in [0, 0.05) is 19.6 Å². The van der Waals surface area contributed by atoms with E-state index < -0.39 is 22.2 Å². The van der Waals surface area contributed by atoms with Crippen LogP contribution >= 0.6 is 0 Å². The molecule has 1 rings (SSSR count). The van der Waals surface area contributed by atoms with Crippen LogP contribution in [0.25, 0.3) is 0 Å². The molecule has 16 heavy (non-hydrogen) atoms. The summed E-state index contributed by atoms with van der Waals surface area (Å²) < 4.78 is 26.3. The van der Waals surface area contributed by atoms with Crippen molar-refractivity contribution in [1.29, 1.82) is 0 Å². The van der Waals surface area contributed by atoms with Crippen LogP contribution in [0.1, 0.15) is 20.8 Å². The summed E-state index contributed by atoms with van der Waals surface area (Å²) in [6, 6.07) is -0.998. The van der Waals surface area contributed by atoms with Gasteiger partial charge in [0.1, 0.15) is 6.04 Å². The van der Waals surface area contributed by atoms with E-state index in [2.05, 4.69) is 0 Å². The summed E-state index contributed by atoms with van der Waals surface area (Å²) in [5.74, 6) is -0.884. The lowest BCUT2D eigenvalue weighted by Crippen LogP contribution is -2.43. The number of hydrogen-bond donors (Lipinski definition) is 1. The second kappa shape index (κ2) is 4.68. The first-order valence-corrected chi connectivity index (χ1v) is 6.66. The van der Waals surface area contributed by atoms with E-state index in [4.69, 9.17) is 5.11 Å². The number of rotatable bonds is 4. The lowest BCUT2D eigenvalue weighted by Gasteiger charge is -2.22. The summed E-state index contributed by atoms with van der Waals surface area (Å²) in [5.41, 5.74) is 0. The van der Waals surface area contributed by atoms with E-state index in [9.17, 15) is 13.2 Å². The second-order valence-corrected chi connectivity index (χ2v) is 6.27. The smallest absolute Gasteiger partial charge is 0.321 e. The Morgan fingerprint density at radius 2 is 1.88 bits per heavy atom. The minimum Gasteiger partial charge on any atom is -0.480 e. The Morgan fingerprint density at radius 1 is 1.31 bits per heavy atom. The molecule has 0 aromatic heterocycles. The molecular weight excluding hydrogens is 232 g/mol. The molecule has 1 aliphatic rings. The van der Waals surface area contributed by atoms with Crippen LogP contribution in [0.4, 0.5) is 0 Å². The van der Waals surface area contributed by atoms with Gasteiger partial charge in [0.05, 0.1) is 0 Å². The van der Waals surface area contributed by atoms with Gasteiger partial charge < -0.3 is 5.11 Å². The number of carboxylic acid groups (broad SMARTS) is 1. The summed E-state index contributed by atoms with van der Waals surface area (Å²) in [6.45, 7) is 6.31. The lowest BCUT2D eigenvalue weighted by atomic mass is 10.2. The van der Waals surface area contributed by atoms with Crippen molar-refractivity contribution >= 4 is 16.2 Å². The highest BCUT2D eigenvalue weighted by Crippen LogP contribution is 2.20. The van der Waals surface area contributed by atoms with Crippen LogP contribution in [0.15, 0.2) is 0 Å². The minimum absolute atomic E-state index is 0.231. The maximum atomic E-state index is 12.0. The summed E-state index contributed by atoms with van der Waals surface area (Å²) in [5, 5.41) is 8.82.